The molecule has 4 aliphatic rings. The third kappa shape index (κ3) is 3.07. The van der Waals surface area contributed by atoms with E-state index in [2.05, 4.69) is 19.7 Å². The predicted octanol–water partition coefficient (Wildman–Crippen LogP) is 3.75. The molecular formula is C21H32N4O. The molecule has 1 aromatic rings. The molecule has 0 radical (unpaired) electrons. The van der Waals surface area contributed by atoms with E-state index in [0.717, 1.165) is 50.1 Å². The molecule has 0 N–H and O–H groups in total. The Morgan fingerprint density at radius 3 is 2.62 bits per heavy atom. The van der Waals surface area contributed by atoms with Crippen molar-refractivity contribution in [2.75, 3.05) is 13.1 Å². The van der Waals surface area contributed by atoms with Crippen molar-refractivity contribution >= 4 is 5.91 Å². The first-order chi connectivity index (χ1) is 12.7. The Morgan fingerprint density at radius 1 is 1.12 bits per heavy atom. The minimum Gasteiger partial charge on any atom is -0.341 e. The molecule has 4 fully saturated rings. The number of rotatable bonds is 6. The smallest absolute Gasteiger partial charge is 0.222 e. The summed E-state index contributed by atoms with van der Waals surface area (Å²) in [5.41, 5.74) is 0.289. The summed E-state index contributed by atoms with van der Waals surface area (Å²) in [5.74, 6) is 3.57. The maximum Gasteiger partial charge on any atom is 0.222 e. The molecule has 1 saturated heterocycles. The Labute approximate surface area is 156 Å². The second-order valence-electron chi connectivity index (χ2n) is 9.52. The van der Waals surface area contributed by atoms with E-state index < -0.39 is 0 Å². The number of aromatic nitrogens is 3. The van der Waals surface area contributed by atoms with Gasteiger partial charge in [-0.15, -0.1) is 10.2 Å². The van der Waals surface area contributed by atoms with Gasteiger partial charge in [0.05, 0.1) is 0 Å². The van der Waals surface area contributed by atoms with Crippen molar-refractivity contribution in [3.8, 4) is 0 Å². The summed E-state index contributed by atoms with van der Waals surface area (Å²) in [4.78, 5) is 15.1. The van der Waals surface area contributed by atoms with Crippen LogP contribution in [0.1, 0.15) is 82.4 Å². The molecule has 0 bridgehead atoms. The van der Waals surface area contributed by atoms with Gasteiger partial charge in [-0.3, -0.25) is 4.79 Å². The van der Waals surface area contributed by atoms with Gasteiger partial charge in [0.15, 0.2) is 0 Å². The topological polar surface area (TPSA) is 51.0 Å². The van der Waals surface area contributed by atoms with Gasteiger partial charge in [-0.25, -0.2) is 0 Å². The Bertz CT molecular complexity index is 655. The second-order valence-corrected chi connectivity index (χ2v) is 9.52. The van der Waals surface area contributed by atoms with Crippen molar-refractivity contribution in [1.82, 2.24) is 19.7 Å². The number of carbonyl (C=O) groups excluding carboxylic acids is 1. The van der Waals surface area contributed by atoms with Gasteiger partial charge in [0.25, 0.3) is 0 Å². The zero-order valence-corrected chi connectivity index (χ0v) is 15.9. The number of carbonyl (C=O) groups is 1. The number of hydrogen-bond donors (Lipinski definition) is 0. The highest BCUT2D eigenvalue weighted by atomic mass is 16.2. The molecule has 5 rings (SSSR count). The van der Waals surface area contributed by atoms with Crippen LogP contribution in [-0.4, -0.2) is 38.7 Å². The maximum absolute atomic E-state index is 12.9. The first-order valence-electron chi connectivity index (χ1n) is 10.9. The first-order valence-corrected chi connectivity index (χ1v) is 10.9. The van der Waals surface area contributed by atoms with Crippen LogP contribution in [0, 0.1) is 17.3 Å². The number of likely N-dealkylation sites (tertiary alicyclic amines) is 1. The summed E-state index contributed by atoms with van der Waals surface area (Å²) in [6.45, 7) is 2.90. The molecule has 1 atom stereocenters. The summed E-state index contributed by atoms with van der Waals surface area (Å²) < 4.78 is 2.30. The van der Waals surface area contributed by atoms with Crippen LogP contribution in [0.25, 0.3) is 0 Å². The van der Waals surface area contributed by atoms with E-state index in [1.165, 1.54) is 57.8 Å². The van der Waals surface area contributed by atoms with Crippen LogP contribution in [0.4, 0.5) is 0 Å². The Morgan fingerprint density at radius 2 is 1.92 bits per heavy atom. The SMILES string of the molecule is O=C(CCC1CCCC1)N1CC(c2nncn2CC2CC2)C2(CCC2)C1. The average molecular weight is 357 g/mol. The monoisotopic (exact) mass is 356 g/mol. The van der Waals surface area contributed by atoms with Crippen LogP contribution in [-0.2, 0) is 11.3 Å². The Balaban J connectivity index is 1.27. The van der Waals surface area contributed by atoms with Gasteiger partial charge >= 0.3 is 0 Å². The highest BCUT2D eigenvalue weighted by molar-refractivity contribution is 5.76. The van der Waals surface area contributed by atoms with Crippen LogP contribution in [0.2, 0.25) is 0 Å². The average Bonchev–Trinajstić information content (AvgIpc) is 3.05. The van der Waals surface area contributed by atoms with Gasteiger partial charge in [0, 0.05) is 32.0 Å². The summed E-state index contributed by atoms with van der Waals surface area (Å²) in [6.07, 6.45) is 15.7. The van der Waals surface area contributed by atoms with Gasteiger partial charge < -0.3 is 9.47 Å². The molecule has 2 heterocycles. The minimum absolute atomic E-state index is 0.289. The zero-order valence-electron chi connectivity index (χ0n) is 15.9. The van der Waals surface area contributed by atoms with Crippen molar-refractivity contribution in [2.45, 2.75) is 83.1 Å². The van der Waals surface area contributed by atoms with Gasteiger partial charge in [-0.1, -0.05) is 32.1 Å². The molecule has 1 unspecified atom stereocenters. The third-order valence-electron chi connectivity index (χ3n) is 7.70. The molecule has 5 nitrogen and oxygen atoms in total. The highest BCUT2D eigenvalue weighted by Gasteiger charge is 2.53. The van der Waals surface area contributed by atoms with E-state index in [1.807, 2.05) is 6.33 Å². The molecule has 3 saturated carbocycles. The van der Waals surface area contributed by atoms with Crippen molar-refractivity contribution in [1.29, 1.82) is 0 Å². The predicted molar refractivity (Wildman–Crippen MR) is 99.5 cm³/mol. The Kier molecular flexibility index (Phi) is 4.29. The van der Waals surface area contributed by atoms with Gasteiger partial charge in [-0.05, 0) is 49.4 Å². The standard InChI is InChI=1S/C21H32N4O/c26-19(9-8-16-4-1-2-5-16)24-13-18(21(14-24)10-3-11-21)20-23-22-15-25(20)12-17-6-7-17/h15-18H,1-14H2. The van der Waals surface area contributed by atoms with Gasteiger partial charge in [-0.2, -0.15) is 0 Å². The van der Waals surface area contributed by atoms with E-state index >= 15 is 0 Å². The molecule has 1 aromatic heterocycles. The fourth-order valence-electron chi connectivity index (χ4n) is 5.69. The second kappa shape index (κ2) is 6.65. The fraction of sp³-hybridized carbons (Fsp3) is 0.857. The summed E-state index contributed by atoms with van der Waals surface area (Å²) in [5, 5.41) is 8.77. The Hall–Kier alpha value is -1.39. The largest absolute Gasteiger partial charge is 0.341 e. The zero-order chi connectivity index (χ0) is 17.6. The van der Waals surface area contributed by atoms with Crippen molar-refractivity contribution in [2.24, 2.45) is 17.3 Å². The van der Waals surface area contributed by atoms with Crippen LogP contribution >= 0.6 is 0 Å². The number of hydrogen-bond acceptors (Lipinski definition) is 3. The molecule has 1 amide bonds. The fourth-order valence-corrected chi connectivity index (χ4v) is 5.69. The van der Waals surface area contributed by atoms with E-state index in [4.69, 9.17) is 0 Å². The first kappa shape index (κ1) is 16.8. The summed E-state index contributed by atoms with van der Waals surface area (Å²) >= 11 is 0. The van der Waals surface area contributed by atoms with Crippen molar-refractivity contribution in [3.05, 3.63) is 12.2 Å². The lowest BCUT2D eigenvalue weighted by molar-refractivity contribution is -0.131. The van der Waals surface area contributed by atoms with Crippen LogP contribution < -0.4 is 0 Å². The maximum atomic E-state index is 12.9. The normalized spacial score (nSPS) is 28.0. The van der Waals surface area contributed by atoms with Crippen molar-refractivity contribution in [3.63, 3.8) is 0 Å². The molecule has 26 heavy (non-hydrogen) atoms. The number of nitrogens with zero attached hydrogens (tertiary/aromatic N) is 4. The lowest BCUT2D eigenvalue weighted by Crippen LogP contribution is -2.38. The van der Waals surface area contributed by atoms with E-state index in [1.54, 1.807) is 0 Å². The third-order valence-corrected chi connectivity index (χ3v) is 7.70. The summed E-state index contributed by atoms with van der Waals surface area (Å²) in [7, 11) is 0. The lowest BCUT2D eigenvalue weighted by atomic mass is 9.62. The molecular weight excluding hydrogens is 324 g/mol. The lowest BCUT2D eigenvalue weighted by Gasteiger charge is -2.42. The van der Waals surface area contributed by atoms with E-state index in [9.17, 15) is 4.79 Å². The summed E-state index contributed by atoms with van der Waals surface area (Å²) in [6, 6.07) is 0. The van der Waals surface area contributed by atoms with Crippen LogP contribution in [0.5, 0.6) is 0 Å². The highest BCUT2D eigenvalue weighted by Crippen LogP contribution is 2.55. The molecule has 142 valence electrons. The molecule has 1 spiro atoms. The molecule has 0 aromatic carbocycles. The molecule has 1 aliphatic heterocycles. The van der Waals surface area contributed by atoms with E-state index in [0.29, 0.717) is 11.8 Å². The molecule has 5 heteroatoms. The van der Waals surface area contributed by atoms with Gasteiger partial charge in [0.2, 0.25) is 5.91 Å². The molecule has 3 aliphatic carbocycles. The number of amides is 1. The van der Waals surface area contributed by atoms with Crippen LogP contribution in [0.3, 0.4) is 0 Å². The minimum atomic E-state index is 0.289. The van der Waals surface area contributed by atoms with Crippen LogP contribution in [0.15, 0.2) is 6.33 Å². The van der Waals surface area contributed by atoms with Gasteiger partial charge in [0.1, 0.15) is 12.2 Å². The quantitative estimate of drug-likeness (QED) is 0.780. The van der Waals surface area contributed by atoms with Crippen molar-refractivity contribution < 1.29 is 4.79 Å². The van der Waals surface area contributed by atoms with E-state index in [-0.39, 0.29) is 5.41 Å².